The molecule has 1 aliphatic carbocycles. The molecule has 2 rings (SSSR count). The monoisotopic (exact) mass is 131 g/mol. The quantitative estimate of drug-likeness (QED) is 0.434. The van der Waals surface area contributed by atoms with Crippen LogP contribution >= 0.6 is 0 Å². The minimum Gasteiger partial charge on any atom is -0.0795 e. The molecule has 0 aromatic carbocycles. The van der Waals surface area contributed by atoms with Crippen molar-refractivity contribution in [3.8, 4) is 0 Å². The molecule has 1 heteroatoms. The van der Waals surface area contributed by atoms with Gasteiger partial charge in [0, 0.05) is 0 Å². The first-order chi connectivity index (χ1) is 4.47. The van der Waals surface area contributed by atoms with Gasteiger partial charge < -0.3 is 0 Å². The molecule has 0 aromatic heterocycles. The summed E-state index contributed by atoms with van der Waals surface area (Å²) in [6.07, 6.45) is 7.80. The van der Waals surface area contributed by atoms with Gasteiger partial charge in [-0.15, -0.1) is 0 Å². The lowest BCUT2D eigenvalue weighted by Gasteiger charge is -1.98. The van der Waals surface area contributed by atoms with Crippen LogP contribution in [0.4, 0.5) is 0 Å². The van der Waals surface area contributed by atoms with E-state index in [4.69, 9.17) is 0 Å². The fraction of sp³-hybridized carbons (Fsp3) is 0.125. The number of hydrogen-bond donors (Lipinski definition) is 0. The predicted molar refractivity (Wildman–Crippen MR) is 41.7 cm³/mol. The Morgan fingerprint density at radius 3 is 3.22 bits per heavy atom. The van der Waals surface area contributed by atoms with Gasteiger partial charge >= 0.3 is 0 Å². The van der Waals surface area contributed by atoms with Crippen LogP contribution in [0, 0.1) is 0 Å². The van der Waals surface area contributed by atoms with Gasteiger partial charge in [0.25, 0.3) is 0 Å². The lowest BCUT2D eigenvalue weighted by atomic mass is 10.2. The highest BCUT2D eigenvalue weighted by molar-refractivity contribution is 6.55. The Bertz CT molecular complexity index is 241. The Hall–Kier alpha value is -0.693. The van der Waals surface area contributed by atoms with Crippen LogP contribution in [0.1, 0.15) is 6.42 Å². The van der Waals surface area contributed by atoms with Gasteiger partial charge in [-0.3, -0.25) is 0 Å². The summed E-state index contributed by atoms with van der Waals surface area (Å²) in [5, 5.41) is 0. The van der Waals surface area contributed by atoms with E-state index in [1.807, 2.05) is 0 Å². The first-order valence-corrected chi connectivity index (χ1v) is 4.28. The number of rotatable bonds is 0. The van der Waals surface area contributed by atoms with Gasteiger partial charge in [0.15, 0.2) is 0 Å². The Balaban J connectivity index is 2.49. The molecule has 1 heterocycles. The van der Waals surface area contributed by atoms with E-state index in [1.54, 1.807) is 0 Å². The van der Waals surface area contributed by atoms with Gasteiger partial charge in [0.05, 0.1) is 9.13 Å². The lowest BCUT2D eigenvalue weighted by Crippen LogP contribution is -1.92. The molecule has 1 radical (unpaired) electrons. The molecule has 2 aliphatic rings. The summed E-state index contributed by atoms with van der Waals surface area (Å²) in [5.74, 6) is 0. The highest BCUT2D eigenvalue weighted by atomic mass is 28.2. The summed E-state index contributed by atoms with van der Waals surface area (Å²) in [4.78, 5) is 0. The second-order valence-electron chi connectivity index (χ2n) is 2.23. The van der Waals surface area contributed by atoms with Gasteiger partial charge in [-0.05, 0) is 17.6 Å². The maximum Gasteiger partial charge on any atom is 0.0508 e. The smallest absolute Gasteiger partial charge is 0.0508 e. The Labute approximate surface area is 57.0 Å². The minimum absolute atomic E-state index is 0.911. The largest absolute Gasteiger partial charge is 0.0795 e. The molecule has 1 aliphatic heterocycles. The molecule has 0 spiro atoms. The molecule has 0 amide bonds. The van der Waals surface area contributed by atoms with Crippen LogP contribution in [-0.4, -0.2) is 14.8 Å². The van der Waals surface area contributed by atoms with E-state index in [2.05, 4.69) is 29.6 Å². The Morgan fingerprint density at radius 2 is 2.33 bits per heavy atom. The second-order valence-corrected chi connectivity index (χ2v) is 3.19. The highest BCUT2D eigenvalue weighted by Crippen LogP contribution is 2.18. The molecule has 0 unspecified atom stereocenters. The van der Waals surface area contributed by atoms with Gasteiger partial charge in [0.1, 0.15) is 0 Å². The molecule has 0 saturated carbocycles. The van der Waals surface area contributed by atoms with E-state index >= 15 is 0 Å². The zero-order chi connectivity index (χ0) is 6.10. The van der Waals surface area contributed by atoms with Crippen molar-refractivity contribution in [3.63, 3.8) is 0 Å². The van der Waals surface area contributed by atoms with Crippen molar-refractivity contribution < 1.29 is 0 Å². The predicted octanol–water partition coefficient (Wildman–Crippen LogP) is 1.28. The van der Waals surface area contributed by atoms with E-state index in [0.717, 1.165) is 15.6 Å². The first-order valence-electron chi connectivity index (χ1n) is 3.12. The summed E-state index contributed by atoms with van der Waals surface area (Å²) < 4.78 is 0. The summed E-state index contributed by atoms with van der Waals surface area (Å²) in [7, 11) is 0.911. The zero-order valence-corrected chi connectivity index (χ0v) is 6.09. The van der Waals surface area contributed by atoms with Gasteiger partial charge in [-0.1, -0.05) is 29.6 Å². The molecule has 0 bridgehead atoms. The molecule has 0 saturated heterocycles. The average molecular weight is 131 g/mol. The second kappa shape index (κ2) is 1.92. The first kappa shape index (κ1) is 5.12. The number of allylic oxidation sites excluding steroid dienone is 5. The van der Waals surface area contributed by atoms with Crippen molar-refractivity contribution in [2.45, 2.75) is 6.42 Å². The lowest BCUT2D eigenvalue weighted by molar-refractivity contribution is 1.38. The highest BCUT2D eigenvalue weighted by Gasteiger charge is 2.03. The molecule has 0 N–H and O–H groups in total. The standard InChI is InChI=1S/C8H7Si/c1-2-7-4-5-9-6-8(7)3-1/h1-2,4-6H,3H2. The van der Waals surface area contributed by atoms with Gasteiger partial charge in [-0.2, -0.15) is 0 Å². The van der Waals surface area contributed by atoms with Crippen molar-refractivity contribution in [1.82, 2.24) is 0 Å². The maximum atomic E-state index is 2.33. The Kier molecular flexibility index (Phi) is 1.09. The molecular weight excluding hydrogens is 124 g/mol. The van der Waals surface area contributed by atoms with Crippen molar-refractivity contribution in [1.29, 1.82) is 0 Å². The third-order valence-corrected chi connectivity index (χ3v) is 2.50. The van der Waals surface area contributed by atoms with E-state index in [9.17, 15) is 0 Å². The van der Waals surface area contributed by atoms with Crippen LogP contribution in [0.5, 0.6) is 0 Å². The molecule has 0 fully saturated rings. The van der Waals surface area contributed by atoms with E-state index in [0.29, 0.717) is 0 Å². The molecule has 0 nitrogen and oxygen atoms in total. The normalized spacial score (nSPS) is 21.3. The van der Waals surface area contributed by atoms with Crippen molar-refractivity contribution in [2.75, 3.05) is 0 Å². The third kappa shape index (κ3) is 0.774. The molecular formula is C8H7Si. The van der Waals surface area contributed by atoms with Crippen LogP contribution in [-0.2, 0) is 0 Å². The Morgan fingerprint density at radius 1 is 1.33 bits per heavy atom. The molecule has 0 atom stereocenters. The topological polar surface area (TPSA) is 0 Å². The SMILES string of the molecule is C1=CC2=C(C=[Si]C=C2)C1. The van der Waals surface area contributed by atoms with Crippen molar-refractivity contribution in [3.05, 3.63) is 35.1 Å². The fourth-order valence-electron chi connectivity index (χ4n) is 1.13. The average Bonchev–Trinajstić information content (AvgIpc) is 2.33. The fourth-order valence-corrected chi connectivity index (χ4v) is 1.99. The summed E-state index contributed by atoms with van der Waals surface area (Å²) in [6.45, 7) is 0. The molecule has 9 heavy (non-hydrogen) atoms. The van der Waals surface area contributed by atoms with Gasteiger partial charge in [-0.25, -0.2) is 0 Å². The zero-order valence-electron chi connectivity index (χ0n) is 5.09. The van der Waals surface area contributed by atoms with Crippen LogP contribution in [0.15, 0.2) is 35.1 Å². The number of hydrogen-bond acceptors (Lipinski definition) is 0. The van der Waals surface area contributed by atoms with E-state index in [1.165, 1.54) is 11.1 Å². The molecule has 0 aromatic rings. The van der Waals surface area contributed by atoms with Crippen molar-refractivity contribution in [2.24, 2.45) is 0 Å². The summed E-state index contributed by atoms with van der Waals surface area (Å²) >= 11 is 0. The molecule has 43 valence electrons. The van der Waals surface area contributed by atoms with Crippen LogP contribution in [0.25, 0.3) is 0 Å². The van der Waals surface area contributed by atoms with E-state index in [-0.39, 0.29) is 0 Å². The van der Waals surface area contributed by atoms with Gasteiger partial charge in [0.2, 0.25) is 0 Å². The summed E-state index contributed by atoms with van der Waals surface area (Å²) in [6, 6.07) is 0. The van der Waals surface area contributed by atoms with Crippen LogP contribution < -0.4 is 0 Å². The van der Waals surface area contributed by atoms with E-state index < -0.39 is 0 Å². The third-order valence-electron chi connectivity index (χ3n) is 1.62. The van der Waals surface area contributed by atoms with Crippen LogP contribution in [0.2, 0.25) is 0 Å². The summed E-state index contributed by atoms with van der Waals surface area (Å²) in [5.41, 5.74) is 7.51. The van der Waals surface area contributed by atoms with Crippen LogP contribution in [0.3, 0.4) is 0 Å². The minimum atomic E-state index is 0.911. The van der Waals surface area contributed by atoms with Crippen molar-refractivity contribution >= 4 is 14.8 Å². The maximum absolute atomic E-state index is 2.33.